The molecule has 120 valence electrons. The van der Waals surface area contributed by atoms with Gasteiger partial charge in [0, 0.05) is 17.3 Å². The number of anilines is 1. The predicted molar refractivity (Wildman–Crippen MR) is 92.5 cm³/mol. The standard InChI is InChI=1S/C18H17N5O/c1-11-16(12(2)24-22-11)14-8-15-17(20-9-14)21-18(19)23(15)10-13-6-4-3-5-7-13/h3-9H,10H2,1-2H3,(H2,19,20,21). The highest BCUT2D eigenvalue weighted by atomic mass is 16.5. The van der Waals surface area contributed by atoms with Crippen LogP contribution in [0.2, 0.25) is 0 Å². The van der Waals surface area contributed by atoms with E-state index in [1.807, 2.05) is 42.7 Å². The number of nitrogens with two attached hydrogens (primary N) is 1. The lowest BCUT2D eigenvalue weighted by Gasteiger charge is -2.07. The second kappa shape index (κ2) is 5.49. The van der Waals surface area contributed by atoms with Gasteiger partial charge in [0.2, 0.25) is 5.95 Å². The molecule has 0 fully saturated rings. The van der Waals surface area contributed by atoms with Crippen molar-refractivity contribution < 1.29 is 4.52 Å². The maximum absolute atomic E-state index is 6.11. The van der Waals surface area contributed by atoms with E-state index in [9.17, 15) is 0 Å². The van der Waals surface area contributed by atoms with Gasteiger partial charge in [0.15, 0.2) is 5.65 Å². The van der Waals surface area contributed by atoms with Crippen LogP contribution >= 0.6 is 0 Å². The van der Waals surface area contributed by atoms with Crippen LogP contribution in [0.1, 0.15) is 17.0 Å². The Labute approximate surface area is 138 Å². The predicted octanol–water partition coefficient (Wildman–Crippen LogP) is 3.33. The van der Waals surface area contributed by atoms with Gasteiger partial charge in [0.1, 0.15) is 5.76 Å². The van der Waals surface area contributed by atoms with Gasteiger partial charge in [-0.15, -0.1) is 0 Å². The highest BCUT2D eigenvalue weighted by Gasteiger charge is 2.15. The first-order valence-electron chi connectivity index (χ1n) is 7.72. The normalized spacial score (nSPS) is 11.2. The maximum atomic E-state index is 6.11. The van der Waals surface area contributed by atoms with E-state index in [0.717, 1.165) is 33.7 Å². The van der Waals surface area contributed by atoms with Gasteiger partial charge in [-0.3, -0.25) is 0 Å². The summed E-state index contributed by atoms with van der Waals surface area (Å²) in [5.41, 5.74) is 11.6. The smallest absolute Gasteiger partial charge is 0.203 e. The zero-order chi connectivity index (χ0) is 16.7. The highest BCUT2D eigenvalue weighted by Crippen LogP contribution is 2.29. The summed E-state index contributed by atoms with van der Waals surface area (Å²) in [5, 5.41) is 4.02. The Morgan fingerprint density at radius 3 is 2.67 bits per heavy atom. The minimum absolute atomic E-state index is 0.456. The van der Waals surface area contributed by atoms with E-state index in [1.165, 1.54) is 0 Å². The summed E-state index contributed by atoms with van der Waals surface area (Å²) in [7, 11) is 0. The molecule has 0 unspecified atom stereocenters. The Morgan fingerprint density at radius 2 is 1.96 bits per heavy atom. The Hall–Kier alpha value is -3.15. The average molecular weight is 319 g/mol. The Balaban J connectivity index is 1.85. The van der Waals surface area contributed by atoms with Crippen LogP contribution in [0.3, 0.4) is 0 Å². The van der Waals surface area contributed by atoms with Crippen molar-refractivity contribution in [2.45, 2.75) is 20.4 Å². The monoisotopic (exact) mass is 319 g/mol. The molecule has 6 nitrogen and oxygen atoms in total. The number of hydrogen-bond donors (Lipinski definition) is 1. The van der Waals surface area contributed by atoms with Crippen molar-refractivity contribution in [3.8, 4) is 11.1 Å². The highest BCUT2D eigenvalue weighted by molar-refractivity contribution is 5.81. The molecule has 1 aromatic carbocycles. The van der Waals surface area contributed by atoms with Crippen LogP contribution in [-0.2, 0) is 6.54 Å². The summed E-state index contributed by atoms with van der Waals surface area (Å²) in [6.45, 7) is 4.47. The molecule has 0 amide bonds. The van der Waals surface area contributed by atoms with Gasteiger partial charge in [0.05, 0.1) is 17.8 Å². The van der Waals surface area contributed by atoms with E-state index in [4.69, 9.17) is 10.3 Å². The molecule has 0 saturated heterocycles. The minimum Gasteiger partial charge on any atom is -0.369 e. The van der Waals surface area contributed by atoms with Gasteiger partial charge >= 0.3 is 0 Å². The second-order valence-electron chi connectivity index (χ2n) is 5.81. The average Bonchev–Trinajstić information content (AvgIpc) is 3.08. The first-order valence-corrected chi connectivity index (χ1v) is 7.72. The van der Waals surface area contributed by atoms with Gasteiger partial charge in [-0.05, 0) is 25.5 Å². The van der Waals surface area contributed by atoms with Crippen LogP contribution in [-0.4, -0.2) is 19.7 Å². The minimum atomic E-state index is 0.456. The van der Waals surface area contributed by atoms with E-state index < -0.39 is 0 Å². The molecule has 0 aliphatic heterocycles. The zero-order valence-corrected chi connectivity index (χ0v) is 13.5. The first kappa shape index (κ1) is 14.4. The molecular weight excluding hydrogens is 302 g/mol. The number of pyridine rings is 1. The fourth-order valence-electron chi connectivity index (χ4n) is 2.99. The summed E-state index contributed by atoms with van der Waals surface area (Å²) in [5.74, 6) is 1.23. The molecule has 0 aliphatic carbocycles. The number of fused-ring (bicyclic) bond motifs is 1. The molecule has 4 rings (SSSR count). The lowest BCUT2D eigenvalue weighted by atomic mass is 10.1. The van der Waals surface area contributed by atoms with Gasteiger partial charge < -0.3 is 14.8 Å². The Kier molecular flexibility index (Phi) is 3.30. The number of aromatic nitrogens is 4. The van der Waals surface area contributed by atoms with Gasteiger partial charge in [-0.1, -0.05) is 35.5 Å². The summed E-state index contributed by atoms with van der Waals surface area (Å²) in [6.07, 6.45) is 1.79. The van der Waals surface area contributed by atoms with E-state index in [2.05, 4.69) is 27.3 Å². The van der Waals surface area contributed by atoms with Crippen molar-refractivity contribution in [2.24, 2.45) is 0 Å². The lowest BCUT2D eigenvalue weighted by molar-refractivity contribution is 0.393. The topological polar surface area (TPSA) is 82.8 Å². The number of benzene rings is 1. The summed E-state index contributed by atoms with van der Waals surface area (Å²) >= 11 is 0. The molecule has 6 heteroatoms. The van der Waals surface area contributed by atoms with E-state index in [-0.39, 0.29) is 0 Å². The van der Waals surface area contributed by atoms with Gasteiger partial charge in [-0.2, -0.15) is 4.98 Å². The third kappa shape index (κ3) is 2.32. The summed E-state index contributed by atoms with van der Waals surface area (Å²) in [4.78, 5) is 8.83. The maximum Gasteiger partial charge on any atom is 0.203 e. The van der Waals surface area contributed by atoms with Gasteiger partial charge in [-0.25, -0.2) is 4.98 Å². The molecule has 0 spiro atoms. The zero-order valence-electron chi connectivity index (χ0n) is 13.5. The molecule has 0 radical (unpaired) electrons. The lowest BCUT2D eigenvalue weighted by Crippen LogP contribution is -2.04. The quantitative estimate of drug-likeness (QED) is 0.626. The van der Waals surface area contributed by atoms with Gasteiger partial charge in [0.25, 0.3) is 0 Å². The molecule has 2 N–H and O–H groups in total. The van der Waals surface area contributed by atoms with Crippen molar-refractivity contribution >= 4 is 17.1 Å². The largest absolute Gasteiger partial charge is 0.369 e. The summed E-state index contributed by atoms with van der Waals surface area (Å²) in [6, 6.07) is 12.2. The molecule has 0 saturated carbocycles. The number of hydrogen-bond acceptors (Lipinski definition) is 5. The van der Waals surface area contributed by atoms with Crippen molar-refractivity contribution in [3.05, 3.63) is 59.6 Å². The van der Waals surface area contributed by atoms with Crippen LogP contribution in [0, 0.1) is 13.8 Å². The van der Waals surface area contributed by atoms with Crippen molar-refractivity contribution in [1.82, 2.24) is 19.7 Å². The molecule has 24 heavy (non-hydrogen) atoms. The number of imidazole rings is 1. The van der Waals surface area contributed by atoms with E-state index in [1.54, 1.807) is 6.20 Å². The van der Waals surface area contributed by atoms with Crippen LogP contribution in [0.15, 0.2) is 47.1 Å². The molecule has 4 aromatic rings. The molecule has 0 bridgehead atoms. The fraction of sp³-hybridized carbons (Fsp3) is 0.167. The molecule has 3 heterocycles. The fourth-order valence-corrected chi connectivity index (χ4v) is 2.99. The number of nitrogen functional groups attached to an aromatic ring is 1. The van der Waals surface area contributed by atoms with E-state index in [0.29, 0.717) is 18.1 Å². The molecule has 3 aromatic heterocycles. The number of nitrogens with zero attached hydrogens (tertiary/aromatic N) is 4. The summed E-state index contributed by atoms with van der Waals surface area (Å²) < 4.78 is 7.24. The first-order chi connectivity index (χ1) is 11.6. The Bertz CT molecular complexity index is 997. The Morgan fingerprint density at radius 1 is 1.17 bits per heavy atom. The van der Waals surface area contributed by atoms with Crippen LogP contribution in [0.25, 0.3) is 22.3 Å². The number of rotatable bonds is 3. The van der Waals surface area contributed by atoms with Crippen molar-refractivity contribution in [3.63, 3.8) is 0 Å². The SMILES string of the molecule is Cc1noc(C)c1-c1cnc2nc(N)n(Cc3ccccc3)c2c1. The third-order valence-corrected chi connectivity index (χ3v) is 4.14. The third-order valence-electron chi connectivity index (χ3n) is 4.14. The van der Waals surface area contributed by atoms with Crippen molar-refractivity contribution in [2.75, 3.05) is 5.73 Å². The van der Waals surface area contributed by atoms with Crippen LogP contribution < -0.4 is 5.73 Å². The second-order valence-corrected chi connectivity index (χ2v) is 5.81. The molecular formula is C18H17N5O. The van der Waals surface area contributed by atoms with E-state index >= 15 is 0 Å². The molecule has 0 aliphatic rings. The number of aryl methyl sites for hydroxylation is 2. The molecule has 0 atom stereocenters. The van der Waals surface area contributed by atoms with Crippen molar-refractivity contribution in [1.29, 1.82) is 0 Å². The van der Waals surface area contributed by atoms with Crippen LogP contribution in [0.4, 0.5) is 5.95 Å². The van der Waals surface area contributed by atoms with Crippen LogP contribution in [0.5, 0.6) is 0 Å².